The first-order valence-corrected chi connectivity index (χ1v) is 5.29. The van der Waals surface area contributed by atoms with Crippen molar-refractivity contribution in [3.8, 4) is 0 Å². The van der Waals surface area contributed by atoms with E-state index in [0.717, 1.165) is 16.9 Å². The second-order valence-electron chi connectivity index (χ2n) is 4.03. The van der Waals surface area contributed by atoms with Crippen LogP contribution in [0.3, 0.4) is 0 Å². The molecule has 0 atom stereocenters. The van der Waals surface area contributed by atoms with Crippen LogP contribution >= 0.6 is 0 Å². The van der Waals surface area contributed by atoms with E-state index in [4.69, 9.17) is 0 Å². The van der Waals surface area contributed by atoms with E-state index in [1.165, 1.54) is 12.8 Å². The minimum absolute atomic E-state index is 0.560. The summed E-state index contributed by atoms with van der Waals surface area (Å²) in [5, 5.41) is 0. The molecule has 1 fully saturated rings. The maximum absolute atomic E-state index is 4.53. The zero-order valence-electron chi connectivity index (χ0n) is 8.72. The number of aromatic nitrogens is 2. The lowest BCUT2D eigenvalue weighted by Gasteiger charge is -1.95. The molecule has 0 N–H and O–H groups in total. The fourth-order valence-corrected chi connectivity index (χ4v) is 1.68. The van der Waals surface area contributed by atoms with Crippen molar-refractivity contribution in [1.29, 1.82) is 0 Å². The molecule has 2 aromatic rings. The largest absolute Gasteiger partial charge is 0.326 e. The maximum Gasteiger partial charge on any atom is 0.151 e. The minimum Gasteiger partial charge on any atom is -0.326 e. The third kappa shape index (κ3) is 1.54. The number of rotatable bonds is 2. The highest BCUT2D eigenvalue weighted by Crippen LogP contribution is 2.23. The second kappa shape index (κ2) is 3.19. The molecule has 1 aliphatic rings. The molecule has 76 valence electrons. The second-order valence-corrected chi connectivity index (χ2v) is 4.03. The fourth-order valence-electron chi connectivity index (χ4n) is 1.68. The average molecular weight is 199 g/mol. The van der Waals surface area contributed by atoms with E-state index in [1.54, 1.807) is 0 Å². The molecule has 1 heterocycles. The van der Waals surface area contributed by atoms with Crippen LogP contribution in [0.2, 0.25) is 0 Å². The van der Waals surface area contributed by atoms with Gasteiger partial charge >= 0.3 is 0 Å². The van der Waals surface area contributed by atoms with Crippen molar-refractivity contribution in [2.24, 2.45) is 12.0 Å². The van der Waals surface area contributed by atoms with Crippen LogP contribution < -0.4 is 0 Å². The molecule has 3 heteroatoms. The van der Waals surface area contributed by atoms with Crippen molar-refractivity contribution in [2.45, 2.75) is 18.9 Å². The van der Waals surface area contributed by atoms with Crippen molar-refractivity contribution in [3.05, 3.63) is 30.1 Å². The van der Waals surface area contributed by atoms with Crippen LogP contribution in [-0.2, 0) is 7.05 Å². The summed E-state index contributed by atoms with van der Waals surface area (Å²) in [7, 11) is 2.03. The highest BCUT2D eigenvalue weighted by atomic mass is 15.1. The molecule has 15 heavy (non-hydrogen) atoms. The molecular formula is C12H13N3. The van der Waals surface area contributed by atoms with Crippen molar-refractivity contribution >= 4 is 17.2 Å². The Kier molecular flexibility index (Phi) is 1.84. The molecule has 0 bridgehead atoms. The summed E-state index contributed by atoms with van der Waals surface area (Å²) in [5.74, 6) is 0.947. The summed E-state index contributed by atoms with van der Waals surface area (Å²) in [6.45, 7) is 0. The number of aryl methyl sites for hydroxylation is 1. The Morgan fingerprint density at radius 1 is 1.40 bits per heavy atom. The number of hydrogen-bond donors (Lipinski definition) is 0. The molecular weight excluding hydrogens is 186 g/mol. The Morgan fingerprint density at radius 2 is 2.20 bits per heavy atom. The van der Waals surface area contributed by atoms with Crippen LogP contribution in [0.15, 0.2) is 29.3 Å². The van der Waals surface area contributed by atoms with Gasteiger partial charge in [0, 0.05) is 7.05 Å². The van der Waals surface area contributed by atoms with Gasteiger partial charge in [-0.1, -0.05) is 12.1 Å². The van der Waals surface area contributed by atoms with Crippen LogP contribution in [0.4, 0.5) is 0 Å². The van der Waals surface area contributed by atoms with Crippen molar-refractivity contribution in [2.75, 3.05) is 0 Å². The summed E-state index contributed by atoms with van der Waals surface area (Å²) in [6, 6.07) is 8.72. The molecule has 1 aliphatic carbocycles. The van der Waals surface area contributed by atoms with E-state index in [9.17, 15) is 0 Å². The smallest absolute Gasteiger partial charge is 0.151 e. The van der Waals surface area contributed by atoms with Gasteiger partial charge in [0.25, 0.3) is 0 Å². The molecule has 3 rings (SSSR count). The van der Waals surface area contributed by atoms with Gasteiger partial charge in [0.15, 0.2) is 5.82 Å². The van der Waals surface area contributed by atoms with Gasteiger partial charge in [0.05, 0.1) is 23.3 Å². The highest BCUT2D eigenvalue weighted by Gasteiger charge is 2.19. The third-order valence-corrected chi connectivity index (χ3v) is 2.77. The Labute approximate surface area is 88.5 Å². The predicted octanol–water partition coefficient (Wildman–Crippen LogP) is 2.15. The van der Waals surface area contributed by atoms with Crippen LogP contribution in [0, 0.1) is 0 Å². The van der Waals surface area contributed by atoms with Gasteiger partial charge in [0.1, 0.15) is 0 Å². The normalized spacial score (nSPS) is 16.6. The number of nitrogens with zero attached hydrogens (tertiary/aromatic N) is 3. The van der Waals surface area contributed by atoms with Gasteiger partial charge in [0.2, 0.25) is 0 Å². The van der Waals surface area contributed by atoms with Gasteiger partial charge < -0.3 is 4.57 Å². The molecule has 3 nitrogen and oxygen atoms in total. The first-order chi connectivity index (χ1) is 7.34. The summed E-state index contributed by atoms with van der Waals surface area (Å²) in [6.07, 6.45) is 4.37. The Balaban J connectivity index is 2.06. The number of fused-ring (bicyclic) bond motifs is 1. The molecule has 1 aromatic heterocycles. The Hall–Kier alpha value is -1.64. The van der Waals surface area contributed by atoms with Gasteiger partial charge in [-0.25, -0.2) is 4.98 Å². The summed E-state index contributed by atoms with van der Waals surface area (Å²) in [4.78, 5) is 8.98. The van der Waals surface area contributed by atoms with E-state index < -0.39 is 0 Å². The average Bonchev–Trinajstić information content (AvgIpc) is 3.03. The number of para-hydroxylation sites is 2. The molecule has 0 spiro atoms. The van der Waals surface area contributed by atoms with Crippen LogP contribution in [0.25, 0.3) is 11.0 Å². The number of aliphatic imine (C=N–C) groups is 1. The molecule has 0 saturated heterocycles. The van der Waals surface area contributed by atoms with Crippen LogP contribution in [0.1, 0.15) is 18.7 Å². The molecule has 1 saturated carbocycles. The highest BCUT2D eigenvalue weighted by molar-refractivity contribution is 5.85. The summed E-state index contributed by atoms with van der Waals surface area (Å²) >= 11 is 0. The van der Waals surface area contributed by atoms with E-state index in [2.05, 4.69) is 20.6 Å². The van der Waals surface area contributed by atoms with Crippen molar-refractivity contribution in [3.63, 3.8) is 0 Å². The molecule has 0 radical (unpaired) electrons. The maximum atomic E-state index is 4.53. The minimum atomic E-state index is 0.560. The molecule has 0 aliphatic heterocycles. The number of hydrogen-bond acceptors (Lipinski definition) is 2. The first kappa shape index (κ1) is 8.65. The van der Waals surface area contributed by atoms with Gasteiger partial charge in [-0.15, -0.1) is 0 Å². The van der Waals surface area contributed by atoms with Gasteiger partial charge in [-0.2, -0.15) is 0 Å². The zero-order valence-corrected chi connectivity index (χ0v) is 8.72. The Morgan fingerprint density at radius 3 is 2.93 bits per heavy atom. The van der Waals surface area contributed by atoms with E-state index in [1.807, 2.05) is 31.5 Å². The lowest BCUT2D eigenvalue weighted by atomic mass is 10.3. The van der Waals surface area contributed by atoms with Gasteiger partial charge in [-0.05, 0) is 25.0 Å². The first-order valence-electron chi connectivity index (χ1n) is 5.29. The van der Waals surface area contributed by atoms with Crippen LogP contribution in [0.5, 0.6) is 0 Å². The fraction of sp³-hybridized carbons (Fsp3) is 0.333. The Bertz CT molecular complexity index is 521. The van der Waals surface area contributed by atoms with Crippen molar-refractivity contribution in [1.82, 2.24) is 9.55 Å². The summed E-state index contributed by atoms with van der Waals surface area (Å²) < 4.78 is 2.08. The molecule has 0 unspecified atom stereocenters. The standard InChI is InChI=1S/C12H13N3/c1-15-11-5-3-2-4-10(11)14-12(15)8-13-9-6-7-9/h2-5,8-9H,6-7H2,1H3. The molecule has 1 aromatic carbocycles. The monoisotopic (exact) mass is 199 g/mol. The topological polar surface area (TPSA) is 30.2 Å². The lowest BCUT2D eigenvalue weighted by Crippen LogP contribution is -1.96. The third-order valence-electron chi connectivity index (χ3n) is 2.77. The van der Waals surface area contributed by atoms with E-state index in [0.29, 0.717) is 6.04 Å². The predicted molar refractivity (Wildman–Crippen MR) is 61.3 cm³/mol. The lowest BCUT2D eigenvalue weighted by molar-refractivity contribution is 0.929. The zero-order chi connectivity index (χ0) is 10.3. The number of benzene rings is 1. The number of imidazole rings is 1. The summed E-state index contributed by atoms with van der Waals surface area (Å²) in [5.41, 5.74) is 2.20. The van der Waals surface area contributed by atoms with E-state index in [-0.39, 0.29) is 0 Å². The van der Waals surface area contributed by atoms with E-state index >= 15 is 0 Å². The molecule has 0 amide bonds. The van der Waals surface area contributed by atoms with Gasteiger partial charge in [-0.3, -0.25) is 4.99 Å². The SMILES string of the molecule is Cn1c(C=NC2CC2)nc2ccccc21. The van der Waals surface area contributed by atoms with Crippen molar-refractivity contribution < 1.29 is 0 Å². The van der Waals surface area contributed by atoms with Crippen LogP contribution in [-0.4, -0.2) is 21.8 Å². The quantitative estimate of drug-likeness (QED) is 0.682.